The van der Waals surface area contributed by atoms with E-state index in [0.29, 0.717) is 5.75 Å². The number of esters is 1. The molecule has 0 spiro atoms. The standard InChI is InChI=1S/C17H15F2NO4/c1-2-23-15(21)10-24-12-6-3-5-11(9-12)20-17(22)16-13(18)7-4-8-14(16)19/h3-9H,2,10H2,1H3,(H,20,22). The summed E-state index contributed by atoms with van der Waals surface area (Å²) < 4.78 is 37.1. The van der Waals surface area contributed by atoms with Crippen LogP contribution in [-0.2, 0) is 9.53 Å². The van der Waals surface area contributed by atoms with Crippen LogP contribution in [0.25, 0.3) is 0 Å². The molecule has 5 nitrogen and oxygen atoms in total. The second kappa shape index (κ2) is 8.05. The van der Waals surface area contributed by atoms with Crippen molar-refractivity contribution in [2.24, 2.45) is 0 Å². The zero-order valence-corrected chi connectivity index (χ0v) is 12.8. The van der Waals surface area contributed by atoms with E-state index in [-0.39, 0.29) is 18.9 Å². The Labute approximate surface area is 137 Å². The molecule has 0 aliphatic carbocycles. The van der Waals surface area contributed by atoms with Crippen molar-refractivity contribution in [3.63, 3.8) is 0 Å². The molecule has 0 saturated heterocycles. The Kier molecular flexibility index (Phi) is 5.83. The second-order valence-electron chi connectivity index (χ2n) is 4.67. The minimum absolute atomic E-state index is 0.243. The summed E-state index contributed by atoms with van der Waals surface area (Å²) in [7, 11) is 0. The molecule has 1 amide bonds. The molecular weight excluding hydrogens is 320 g/mol. The number of carbonyl (C=O) groups excluding carboxylic acids is 2. The molecule has 24 heavy (non-hydrogen) atoms. The van der Waals surface area contributed by atoms with Gasteiger partial charge in [-0.05, 0) is 31.2 Å². The summed E-state index contributed by atoms with van der Waals surface area (Å²) >= 11 is 0. The quantitative estimate of drug-likeness (QED) is 0.824. The van der Waals surface area contributed by atoms with E-state index in [2.05, 4.69) is 5.32 Å². The Balaban J connectivity index is 2.06. The van der Waals surface area contributed by atoms with Gasteiger partial charge in [0.1, 0.15) is 22.9 Å². The van der Waals surface area contributed by atoms with Gasteiger partial charge in [-0.15, -0.1) is 0 Å². The van der Waals surface area contributed by atoms with E-state index in [1.54, 1.807) is 19.1 Å². The average molecular weight is 335 g/mol. The number of anilines is 1. The van der Waals surface area contributed by atoms with Crippen LogP contribution in [0, 0.1) is 11.6 Å². The van der Waals surface area contributed by atoms with Crippen LogP contribution in [0.5, 0.6) is 5.75 Å². The van der Waals surface area contributed by atoms with Gasteiger partial charge in [0.15, 0.2) is 6.61 Å². The highest BCUT2D eigenvalue weighted by Crippen LogP contribution is 2.19. The molecule has 2 rings (SSSR count). The lowest BCUT2D eigenvalue weighted by molar-refractivity contribution is -0.145. The first kappa shape index (κ1) is 17.4. The van der Waals surface area contributed by atoms with Crippen LogP contribution in [0.15, 0.2) is 42.5 Å². The van der Waals surface area contributed by atoms with Gasteiger partial charge in [-0.2, -0.15) is 0 Å². The Morgan fingerprint density at radius 1 is 1.08 bits per heavy atom. The summed E-state index contributed by atoms with van der Waals surface area (Å²) in [6.07, 6.45) is 0. The summed E-state index contributed by atoms with van der Waals surface area (Å²) in [6.45, 7) is 1.63. The van der Waals surface area contributed by atoms with E-state index < -0.39 is 29.1 Å². The molecule has 126 valence electrons. The van der Waals surface area contributed by atoms with E-state index in [1.165, 1.54) is 18.2 Å². The smallest absolute Gasteiger partial charge is 0.344 e. The lowest BCUT2D eigenvalue weighted by atomic mass is 10.1. The van der Waals surface area contributed by atoms with Crippen LogP contribution >= 0.6 is 0 Å². The number of carbonyl (C=O) groups is 2. The van der Waals surface area contributed by atoms with Crippen molar-refractivity contribution in [3.8, 4) is 5.75 Å². The van der Waals surface area contributed by atoms with Crippen molar-refractivity contribution >= 4 is 17.6 Å². The van der Waals surface area contributed by atoms with Crippen molar-refractivity contribution in [1.29, 1.82) is 0 Å². The molecular formula is C17H15F2NO4. The van der Waals surface area contributed by atoms with Gasteiger partial charge in [-0.1, -0.05) is 12.1 Å². The minimum atomic E-state index is -0.956. The third-order valence-corrected chi connectivity index (χ3v) is 2.94. The van der Waals surface area contributed by atoms with Gasteiger partial charge in [0, 0.05) is 11.8 Å². The first-order chi connectivity index (χ1) is 11.5. The molecule has 1 N–H and O–H groups in total. The monoisotopic (exact) mass is 335 g/mol. The molecule has 0 saturated carbocycles. The number of halogens is 2. The molecule has 0 radical (unpaired) electrons. The summed E-state index contributed by atoms with van der Waals surface area (Å²) in [4.78, 5) is 23.3. The summed E-state index contributed by atoms with van der Waals surface area (Å²) in [5.74, 6) is -3.06. The van der Waals surface area contributed by atoms with E-state index in [9.17, 15) is 18.4 Å². The van der Waals surface area contributed by atoms with Crippen LogP contribution in [0.3, 0.4) is 0 Å². The van der Waals surface area contributed by atoms with Crippen molar-refractivity contribution in [3.05, 3.63) is 59.7 Å². The lowest BCUT2D eigenvalue weighted by Gasteiger charge is -2.09. The van der Waals surface area contributed by atoms with Crippen molar-refractivity contribution in [1.82, 2.24) is 0 Å². The van der Waals surface area contributed by atoms with Crippen molar-refractivity contribution < 1.29 is 27.8 Å². The first-order valence-corrected chi connectivity index (χ1v) is 7.15. The molecule has 2 aromatic carbocycles. The Morgan fingerprint density at radius 3 is 2.42 bits per heavy atom. The van der Waals surface area contributed by atoms with Gasteiger partial charge in [-0.25, -0.2) is 13.6 Å². The number of nitrogens with one attached hydrogen (secondary N) is 1. The number of rotatable bonds is 6. The maximum Gasteiger partial charge on any atom is 0.344 e. The van der Waals surface area contributed by atoms with Gasteiger partial charge in [-0.3, -0.25) is 4.79 Å². The van der Waals surface area contributed by atoms with Crippen LogP contribution in [0.1, 0.15) is 17.3 Å². The third-order valence-electron chi connectivity index (χ3n) is 2.94. The van der Waals surface area contributed by atoms with Gasteiger partial charge >= 0.3 is 5.97 Å². The molecule has 0 aliphatic heterocycles. The van der Waals surface area contributed by atoms with Crippen LogP contribution in [-0.4, -0.2) is 25.1 Å². The second-order valence-corrected chi connectivity index (χ2v) is 4.67. The summed E-state index contributed by atoms with van der Waals surface area (Å²) in [5, 5.41) is 2.38. The largest absolute Gasteiger partial charge is 0.482 e. The molecule has 0 bridgehead atoms. The van der Waals surface area contributed by atoms with E-state index >= 15 is 0 Å². The van der Waals surface area contributed by atoms with Gasteiger partial charge < -0.3 is 14.8 Å². The molecule has 0 aromatic heterocycles. The number of hydrogen-bond donors (Lipinski definition) is 1. The van der Waals surface area contributed by atoms with E-state index in [0.717, 1.165) is 12.1 Å². The normalized spacial score (nSPS) is 10.1. The third kappa shape index (κ3) is 4.52. The number of hydrogen-bond acceptors (Lipinski definition) is 4. The van der Waals surface area contributed by atoms with Crippen LogP contribution in [0.4, 0.5) is 14.5 Å². The van der Waals surface area contributed by atoms with Gasteiger partial charge in [0.25, 0.3) is 5.91 Å². The van der Waals surface area contributed by atoms with E-state index in [1.807, 2.05) is 0 Å². The summed E-state index contributed by atoms with van der Waals surface area (Å²) in [5.41, 5.74) is -0.403. The fourth-order valence-corrected chi connectivity index (χ4v) is 1.92. The fourth-order valence-electron chi connectivity index (χ4n) is 1.92. The molecule has 0 unspecified atom stereocenters. The predicted octanol–water partition coefficient (Wildman–Crippen LogP) is 3.16. The highest BCUT2D eigenvalue weighted by atomic mass is 19.1. The van der Waals surface area contributed by atoms with Crippen LogP contribution < -0.4 is 10.1 Å². The average Bonchev–Trinajstić information content (AvgIpc) is 2.53. The highest BCUT2D eigenvalue weighted by molar-refractivity contribution is 6.04. The Morgan fingerprint density at radius 2 is 1.75 bits per heavy atom. The van der Waals surface area contributed by atoms with E-state index in [4.69, 9.17) is 9.47 Å². The predicted molar refractivity (Wildman–Crippen MR) is 82.9 cm³/mol. The van der Waals surface area contributed by atoms with Crippen LogP contribution in [0.2, 0.25) is 0 Å². The number of benzene rings is 2. The Bertz CT molecular complexity index is 729. The molecule has 0 heterocycles. The van der Waals surface area contributed by atoms with Crippen molar-refractivity contribution in [2.75, 3.05) is 18.5 Å². The number of ether oxygens (including phenoxy) is 2. The molecule has 2 aromatic rings. The minimum Gasteiger partial charge on any atom is -0.482 e. The van der Waals surface area contributed by atoms with Gasteiger partial charge in [0.2, 0.25) is 0 Å². The maximum absolute atomic E-state index is 13.6. The zero-order chi connectivity index (χ0) is 17.5. The SMILES string of the molecule is CCOC(=O)COc1cccc(NC(=O)c2c(F)cccc2F)c1. The molecule has 0 atom stereocenters. The zero-order valence-electron chi connectivity index (χ0n) is 12.8. The van der Waals surface area contributed by atoms with Gasteiger partial charge in [0.05, 0.1) is 6.61 Å². The Hall–Kier alpha value is -2.96. The highest BCUT2D eigenvalue weighted by Gasteiger charge is 2.17. The fraction of sp³-hybridized carbons (Fsp3) is 0.176. The number of amides is 1. The topological polar surface area (TPSA) is 64.6 Å². The molecule has 7 heteroatoms. The first-order valence-electron chi connectivity index (χ1n) is 7.15. The maximum atomic E-state index is 13.6. The molecule has 0 aliphatic rings. The lowest BCUT2D eigenvalue weighted by Crippen LogP contribution is -2.16. The summed E-state index contributed by atoms with van der Waals surface area (Å²) in [6, 6.07) is 9.25. The van der Waals surface area contributed by atoms with Crippen molar-refractivity contribution in [2.45, 2.75) is 6.92 Å². The molecule has 0 fully saturated rings.